The van der Waals surface area contributed by atoms with E-state index in [0.717, 1.165) is 0 Å². The summed E-state index contributed by atoms with van der Waals surface area (Å²) in [5.74, 6) is -0.574. The first kappa shape index (κ1) is 21.3. The summed E-state index contributed by atoms with van der Waals surface area (Å²) in [5, 5.41) is 17.4. The van der Waals surface area contributed by atoms with E-state index in [9.17, 15) is 19.1 Å². The lowest BCUT2D eigenvalue weighted by Gasteiger charge is -2.35. The number of nitrogens with one attached hydrogen (secondary N) is 1. The van der Waals surface area contributed by atoms with Crippen LogP contribution < -0.4 is 10.1 Å². The fraction of sp³-hybridized carbons (Fsp3) is 0.476. The van der Waals surface area contributed by atoms with E-state index < -0.39 is 18.0 Å². The number of hydrogen-bond acceptors (Lipinski definition) is 7. The van der Waals surface area contributed by atoms with Crippen molar-refractivity contribution in [1.29, 1.82) is 0 Å². The van der Waals surface area contributed by atoms with Crippen molar-refractivity contribution in [2.45, 2.75) is 37.6 Å². The molecule has 2 aromatic rings. The van der Waals surface area contributed by atoms with Crippen LogP contribution in [0, 0.1) is 5.82 Å². The minimum atomic E-state index is -0.768. The molecule has 1 saturated carbocycles. The molecule has 1 saturated heterocycles. The van der Waals surface area contributed by atoms with Crippen molar-refractivity contribution in [3.8, 4) is 5.75 Å². The molecule has 0 unspecified atom stereocenters. The van der Waals surface area contributed by atoms with E-state index in [1.54, 1.807) is 19.2 Å². The Labute approximate surface area is 178 Å². The van der Waals surface area contributed by atoms with Crippen LogP contribution >= 0.6 is 0 Å². The monoisotopic (exact) mass is 432 g/mol. The summed E-state index contributed by atoms with van der Waals surface area (Å²) < 4.78 is 24.2. The number of aliphatic hydroxyl groups is 1. The van der Waals surface area contributed by atoms with Gasteiger partial charge in [-0.15, -0.1) is 0 Å². The van der Waals surface area contributed by atoms with Crippen molar-refractivity contribution in [2.75, 3.05) is 26.7 Å². The second-order valence-corrected chi connectivity index (χ2v) is 7.84. The van der Waals surface area contributed by atoms with Gasteiger partial charge < -0.3 is 24.6 Å². The van der Waals surface area contributed by atoms with Gasteiger partial charge in [-0.25, -0.2) is 4.39 Å². The zero-order chi connectivity index (χ0) is 22.0. The molecule has 10 heteroatoms. The summed E-state index contributed by atoms with van der Waals surface area (Å²) in [6.07, 6.45) is 0.542. The Hall–Kier alpha value is -2.98. The number of nitrogens with zero attached hydrogens (tertiary/aromatic N) is 3. The van der Waals surface area contributed by atoms with Crippen LogP contribution in [-0.2, 0) is 11.4 Å². The third kappa shape index (κ3) is 4.54. The number of hydrogen-bond donors (Lipinski definition) is 2. The summed E-state index contributed by atoms with van der Waals surface area (Å²) in [4.78, 5) is 28.0. The fourth-order valence-electron chi connectivity index (χ4n) is 4.23. The number of amides is 2. The highest BCUT2D eigenvalue weighted by atomic mass is 19.1. The summed E-state index contributed by atoms with van der Waals surface area (Å²) in [7, 11) is 1.62. The molecule has 1 aliphatic heterocycles. The molecule has 1 aromatic carbocycles. The van der Waals surface area contributed by atoms with Gasteiger partial charge >= 0.3 is 0 Å². The molecule has 2 N–H and O–H groups in total. The maximum Gasteiger partial charge on any atom is 0.276 e. The summed E-state index contributed by atoms with van der Waals surface area (Å²) >= 11 is 0. The molecule has 3 atom stereocenters. The minimum Gasteiger partial charge on any atom is -0.482 e. The predicted octanol–water partition coefficient (Wildman–Crippen LogP) is 0.788. The number of para-hydroxylation sites is 1. The molecule has 166 valence electrons. The van der Waals surface area contributed by atoms with Crippen molar-refractivity contribution >= 4 is 11.8 Å². The Bertz CT molecular complexity index is 951. The lowest BCUT2D eigenvalue weighted by molar-refractivity contribution is -0.125. The van der Waals surface area contributed by atoms with Crippen LogP contribution in [-0.4, -0.2) is 76.7 Å². The molecule has 1 aromatic heterocycles. The highest BCUT2D eigenvalue weighted by Crippen LogP contribution is 2.29. The quantitative estimate of drug-likeness (QED) is 0.695. The van der Waals surface area contributed by atoms with Gasteiger partial charge in [0.2, 0.25) is 5.91 Å². The van der Waals surface area contributed by atoms with Gasteiger partial charge in [0.25, 0.3) is 5.91 Å². The molecule has 2 fully saturated rings. The van der Waals surface area contributed by atoms with Crippen LogP contribution in [0.4, 0.5) is 4.39 Å². The third-order valence-electron chi connectivity index (χ3n) is 5.89. The number of aliphatic hydroxyl groups excluding tert-OH is 1. The van der Waals surface area contributed by atoms with Gasteiger partial charge in [-0.1, -0.05) is 17.3 Å². The van der Waals surface area contributed by atoms with E-state index in [1.165, 1.54) is 23.1 Å². The van der Waals surface area contributed by atoms with Crippen LogP contribution in [0.3, 0.4) is 0 Å². The van der Waals surface area contributed by atoms with Crippen LogP contribution in [0.25, 0.3) is 0 Å². The number of aromatic nitrogens is 1. The number of likely N-dealkylation sites (N-methyl/N-ethyl adjacent to an activating group) is 1. The smallest absolute Gasteiger partial charge is 0.276 e. The molecule has 31 heavy (non-hydrogen) atoms. The first-order chi connectivity index (χ1) is 14.9. The number of halogens is 1. The van der Waals surface area contributed by atoms with Crippen molar-refractivity contribution in [3.05, 3.63) is 47.6 Å². The van der Waals surface area contributed by atoms with Crippen molar-refractivity contribution in [1.82, 2.24) is 20.3 Å². The number of carbonyl (C=O) groups excluding carboxylic acids is 2. The molecule has 2 aliphatic rings. The van der Waals surface area contributed by atoms with Crippen molar-refractivity contribution in [2.24, 2.45) is 0 Å². The van der Waals surface area contributed by atoms with Crippen LogP contribution in [0.15, 0.2) is 34.9 Å². The normalized spacial score (nSPS) is 24.1. The first-order valence-corrected chi connectivity index (χ1v) is 10.2. The van der Waals surface area contributed by atoms with Gasteiger partial charge in [0.15, 0.2) is 23.0 Å². The number of carbonyl (C=O) groups is 2. The highest BCUT2D eigenvalue weighted by molar-refractivity contribution is 5.92. The largest absolute Gasteiger partial charge is 0.482 e. The van der Waals surface area contributed by atoms with Crippen molar-refractivity contribution < 1.29 is 28.3 Å². The molecule has 4 rings (SSSR count). The van der Waals surface area contributed by atoms with Gasteiger partial charge in [-0.3, -0.25) is 14.5 Å². The van der Waals surface area contributed by atoms with Crippen LogP contribution in [0.2, 0.25) is 0 Å². The Morgan fingerprint density at radius 1 is 1.42 bits per heavy atom. The maximum atomic E-state index is 13.6. The third-order valence-corrected chi connectivity index (χ3v) is 5.89. The van der Waals surface area contributed by atoms with E-state index in [1.807, 2.05) is 4.90 Å². The predicted molar refractivity (Wildman–Crippen MR) is 107 cm³/mol. The van der Waals surface area contributed by atoms with Gasteiger partial charge in [-0.05, 0) is 25.0 Å². The van der Waals surface area contributed by atoms with E-state index in [4.69, 9.17) is 9.26 Å². The van der Waals surface area contributed by atoms with Crippen LogP contribution in [0.5, 0.6) is 5.75 Å². The van der Waals surface area contributed by atoms with E-state index in [2.05, 4.69) is 10.5 Å². The van der Waals surface area contributed by atoms with Gasteiger partial charge in [-0.2, -0.15) is 0 Å². The number of ether oxygens (including phenoxy) is 1. The molecule has 0 bridgehead atoms. The second kappa shape index (κ2) is 9.03. The molecule has 1 aliphatic carbocycles. The van der Waals surface area contributed by atoms with E-state index in [-0.39, 0.29) is 48.2 Å². The number of rotatable bonds is 6. The zero-order valence-electron chi connectivity index (χ0n) is 17.2. The van der Waals surface area contributed by atoms with Gasteiger partial charge in [0.05, 0.1) is 18.7 Å². The Kier molecular flexibility index (Phi) is 6.19. The molecule has 2 amide bonds. The number of benzene rings is 1. The topological polar surface area (TPSA) is 108 Å². The van der Waals surface area contributed by atoms with Crippen LogP contribution in [0.1, 0.15) is 29.1 Å². The van der Waals surface area contributed by atoms with E-state index in [0.29, 0.717) is 25.9 Å². The molecule has 2 heterocycles. The Balaban J connectivity index is 1.36. The first-order valence-electron chi connectivity index (χ1n) is 10.2. The standard InChI is InChI=1S/C21H25FN4O5/c1-25(16-6-7-17(20(16)28)26-9-8-23-19(27)11-26)21(29)15-10-13(31-24-15)12-30-18-5-3-2-4-14(18)22/h2-5,10,16-17,20,28H,6-9,11-12H2,1H3,(H,23,27)/t16-,17-,20-/m1/s1. The molecule has 9 nitrogen and oxygen atoms in total. The molecule has 0 spiro atoms. The SMILES string of the molecule is CN(C(=O)c1cc(COc2ccccc2F)on1)[C@@H]1CC[C@@H](N2CCNC(=O)C2)[C@@H]1O. The van der Waals surface area contributed by atoms with E-state index >= 15 is 0 Å². The lowest BCUT2D eigenvalue weighted by atomic mass is 10.1. The van der Waals surface area contributed by atoms with Gasteiger partial charge in [0, 0.05) is 32.2 Å². The number of piperazine rings is 1. The average Bonchev–Trinajstić information content (AvgIpc) is 3.39. The Morgan fingerprint density at radius 2 is 2.23 bits per heavy atom. The minimum absolute atomic E-state index is 0.0564. The summed E-state index contributed by atoms with van der Waals surface area (Å²) in [5.41, 5.74) is 0.0858. The Morgan fingerprint density at radius 3 is 3.00 bits per heavy atom. The highest BCUT2D eigenvalue weighted by Gasteiger charge is 2.42. The molecule has 0 radical (unpaired) electrons. The molecular weight excluding hydrogens is 407 g/mol. The fourth-order valence-corrected chi connectivity index (χ4v) is 4.23. The van der Waals surface area contributed by atoms with Crippen molar-refractivity contribution in [3.63, 3.8) is 0 Å². The maximum absolute atomic E-state index is 13.6. The second-order valence-electron chi connectivity index (χ2n) is 7.84. The molecular formula is C21H25FN4O5. The average molecular weight is 432 g/mol. The zero-order valence-corrected chi connectivity index (χ0v) is 17.2. The summed E-state index contributed by atoms with van der Waals surface area (Å²) in [6.45, 7) is 1.40. The summed E-state index contributed by atoms with van der Waals surface area (Å²) in [6, 6.07) is 6.88. The lowest BCUT2D eigenvalue weighted by Crippen LogP contribution is -2.55. The van der Waals surface area contributed by atoms with Gasteiger partial charge in [0.1, 0.15) is 6.61 Å².